The quantitative estimate of drug-likeness (QED) is 0.518. The molecule has 7 heteroatoms. The van der Waals surface area contributed by atoms with Gasteiger partial charge in [0.05, 0.1) is 12.6 Å². The number of rotatable bonds is 2. The van der Waals surface area contributed by atoms with Crippen LogP contribution in [0.15, 0.2) is 24.3 Å². The zero-order valence-electron chi connectivity index (χ0n) is 16.0. The Bertz CT molecular complexity index is 728. The molecule has 0 aromatic heterocycles. The highest BCUT2D eigenvalue weighted by molar-refractivity contribution is 5.81. The van der Waals surface area contributed by atoms with Gasteiger partial charge in [0.25, 0.3) is 0 Å². The standard InChI is InChI=1S/C21H30FN5O/c22-12-6-4-11(5-7-12)14-8-15(13-2-1-3-17-16(13)9-26-27-17)19(23)18-20(14)24-10-25-21(18)28/h4-7,13-20,24,26-27H,1-3,8-10,23H2,(H,25,28). The number of amides is 1. The Labute approximate surface area is 165 Å². The minimum Gasteiger partial charge on any atom is -0.343 e. The summed E-state index contributed by atoms with van der Waals surface area (Å²) < 4.78 is 13.5. The normalized spacial score (nSPS) is 43.1. The number of nitrogens with one attached hydrogen (secondary N) is 4. The molecule has 2 heterocycles. The van der Waals surface area contributed by atoms with Gasteiger partial charge in [0.15, 0.2) is 0 Å². The van der Waals surface area contributed by atoms with E-state index in [-0.39, 0.29) is 41.6 Å². The Balaban J connectivity index is 1.49. The molecule has 2 aliphatic carbocycles. The molecule has 0 spiro atoms. The van der Waals surface area contributed by atoms with Crippen LogP contribution in [-0.2, 0) is 4.79 Å². The molecule has 1 aromatic carbocycles. The molecular weight excluding hydrogens is 357 g/mol. The van der Waals surface area contributed by atoms with Gasteiger partial charge in [0, 0.05) is 30.6 Å². The van der Waals surface area contributed by atoms with Gasteiger partial charge in [-0.15, -0.1) is 0 Å². The first kappa shape index (κ1) is 18.5. The van der Waals surface area contributed by atoms with Crippen molar-refractivity contribution in [2.75, 3.05) is 13.2 Å². The van der Waals surface area contributed by atoms with Crippen LogP contribution in [0, 0.1) is 29.5 Å². The second-order valence-corrected chi connectivity index (χ2v) is 9.00. The molecule has 8 atom stereocenters. The topological polar surface area (TPSA) is 91.2 Å². The fourth-order valence-corrected chi connectivity index (χ4v) is 6.46. The molecule has 1 aromatic rings. The highest BCUT2D eigenvalue weighted by atomic mass is 19.1. The second kappa shape index (κ2) is 7.37. The maximum Gasteiger partial charge on any atom is 0.227 e. The molecule has 2 saturated carbocycles. The molecular formula is C21H30FN5O. The van der Waals surface area contributed by atoms with Crippen molar-refractivity contribution in [3.8, 4) is 0 Å². The maximum absolute atomic E-state index is 13.5. The fourth-order valence-electron chi connectivity index (χ4n) is 6.46. The predicted octanol–water partition coefficient (Wildman–Crippen LogP) is 0.811. The van der Waals surface area contributed by atoms with Crippen LogP contribution in [0.3, 0.4) is 0 Å². The molecule has 1 amide bonds. The molecule has 2 aliphatic heterocycles. The number of carbonyl (C=O) groups is 1. The summed E-state index contributed by atoms with van der Waals surface area (Å²) in [6.45, 7) is 1.44. The number of hydrogen-bond acceptors (Lipinski definition) is 5. The predicted molar refractivity (Wildman–Crippen MR) is 104 cm³/mol. The van der Waals surface area contributed by atoms with Gasteiger partial charge in [-0.3, -0.25) is 21.0 Å². The van der Waals surface area contributed by atoms with Gasteiger partial charge >= 0.3 is 0 Å². The Kier molecular flexibility index (Phi) is 4.87. The van der Waals surface area contributed by atoms with Crippen LogP contribution in [-0.4, -0.2) is 37.2 Å². The molecule has 0 radical (unpaired) electrons. The van der Waals surface area contributed by atoms with Crippen LogP contribution in [0.5, 0.6) is 0 Å². The van der Waals surface area contributed by atoms with Gasteiger partial charge in [-0.1, -0.05) is 18.6 Å². The van der Waals surface area contributed by atoms with E-state index in [4.69, 9.17) is 5.73 Å². The van der Waals surface area contributed by atoms with Crippen molar-refractivity contribution in [1.29, 1.82) is 0 Å². The highest BCUT2D eigenvalue weighted by Gasteiger charge is 2.52. The van der Waals surface area contributed by atoms with Gasteiger partial charge < -0.3 is 11.1 Å². The Hall–Kier alpha value is -1.54. The third-order valence-electron chi connectivity index (χ3n) is 7.75. The second-order valence-electron chi connectivity index (χ2n) is 9.00. The average molecular weight is 388 g/mol. The zero-order chi connectivity index (χ0) is 19.3. The number of hydrogen-bond donors (Lipinski definition) is 5. The Morgan fingerprint density at radius 2 is 1.89 bits per heavy atom. The van der Waals surface area contributed by atoms with Gasteiger partial charge in [-0.05, 0) is 54.7 Å². The Morgan fingerprint density at radius 3 is 2.71 bits per heavy atom. The van der Waals surface area contributed by atoms with Crippen LogP contribution >= 0.6 is 0 Å². The monoisotopic (exact) mass is 387 g/mol. The number of benzene rings is 1. The smallest absolute Gasteiger partial charge is 0.227 e. The lowest BCUT2D eigenvalue weighted by atomic mass is 9.58. The SMILES string of the molecule is NC1C(C2CCCC3NNCC32)CC(c2ccc(F)cc2)C2NCNC(=O)C12. The maximum atomic E-state index is 13.5. The molecule has 6 N–H and O–H groups in total. The van der Waals surface area contributed by atoms with Crippen molar-refractivity contribution in [3.05, 3.63) is 35.6 Å². The number of fused-ring (bicyclic) bond motifs is 2. The molecule has 4 fully saturated rings. The van der Waals surface area contributed by atoms with Crippen LogP contribution in [0.1, 0.15) is 37.2 Å². The van der Waals surface area contributed by atoms with Crippen LogP contribution in [0.4, 0.5) is 4.39 Å². The van der Waals surface area contributed by atoms with E-state index in [9.17, 15) is 9.18 Å². The third kappa shape index (κ3) is 3.05. The fraction of sp³-hybridized carbons (Fsp3) is 0.667. The number of hydrazine groups is 1. The summed E-state index contributed by atoms with van der Waals surface area (Å²) in [5.74, 6) is 1.12. The summed E-state index contributed by atoms with van der Waals surface area (Å²) in [7, 11) is 0. The summed E-state index contributed by atoms with van der Waals surface area (Å²) >= 11 is 0. The highest BCUT2D eigenvalue weighted by Crippen LogP contribution is 2.48. The van der Waals surface area contributed by atoms with E-state index in [0.29, 0.717) is 24.5 Å². The lowest BCUT2D eigenvalue weighted by molar-refractivity contribution is -0.132. The summed E-state index contributed by atoms with van der Waals surface area (Å²) in [4.78, 5) is 12.8. The lowest BCUT2D eigenvalue weighted by Gasteiger charge is -2.52. The third-order valence-corrected chi connectivity index (χ3v) is 7.75. The Morgan fingerprint density at radius 1 is 1.07 bits per heavy atom. The van der Waals surface area contributed by atoms with Crippen molar-refractivity contribution in [2.24, 2.45) is 29.4 Å². The van der Waals surface area contributed by atoms with E-state index >= 15 is 0 Å². The van der Waals surface area contributed by atoms with E-state index in [2.05, 4.69) is 21.5 Å². The largest absolute Gasteiger partial charge is 0.343 e. The van der Waals surface area contributed by atoms with Crippen molar-refractivity contribution < 1.29 is 9.18 Å². The molecule has 0 bridgehead atoms. The van der Waals surface area contributed by atoms with Gasteiger partial charge in [-0.25, -0.2) is 4.39 Å². The molecule has 152 valence electrons. The van der Waals surface area contributed by atoms with Gasteiger partial charge in [0.2, 0.25) is 5.91 Å². The number of nitrogens with two attached hydrogens (primary N) is 1. The van der Waals surface area contributed by atoms with Crippen molar-refractivity contribution in [3.63, 3.8) is 0 Å². The number of halogens is 1. The first-order valence-electron chi connectivity index (χ1n) is 10.6. The molecule has 2 saturated heterocycles. The van der Waals surface area contributed by atoms with E-state index < -0.39 is 0 Å². The van der Waals surface area contributed by atoms with Crippen LogP contribution in [0.2, 0.25) is 0 Å². The average Bonchev–Trinajstić information content (AvgIpc) is 3.18. The lowest BCUT2D eigenvalue weighted by Crippen LogP contribution is -2.67. The minimum absolute atomic E-state index is 0.00433. The van der Waals surface area contributed by atoms with E-state index in [0.717, 1.165) is 18.5 Å². The van der Waals surface area contributed by atoms with Crippen molar-refractivity contribution in [2.45, 2.75) is 49.7 Å². The minimum atomic E-state index is -0.245. The summed E-state index contributed by atoms with van der Waals surface area (Å²) in [5, 5.41) is 6.43. The van der Waals surface area contributed by atoms with Gasteiger partial charge in [0.1, 0.15) is 5.82 Å². The van der Waals surface area contributed by atoms with Crippen molar-refractivity contribution in [1.82, 2.24) is 21.5 Å². The van der Waals surface area contributed by atoms with E-state index in [1.165, 1.54) is 31.4 Å². The van der Waals surface area contributed by atoms with Crippen molar-refractivity contribution >= 4 is 5.91 Å². The van der Waals surface area contributed by atoms with E-state index in [1.54, 1.807) is 0 Å². The molecule has 4 aliphatic rings. The van der Waals surface area contributed by atoms with Crippen LogP contribution in [0.25, 0.3) is 0 Å². The van der Waals surface area contributed by atoms with E-state index in [1.807, 2.05) is 12.1 Å². The summed E-state index contributed by atoms with van der Waals surface area (Å²) in [5.41, 5.74) is 14.7. The number of carbonyl (C=O) groups excluding carboxylic acids is 1. The molecule has 6 nitrogen and oxygen atoms in total. The first-order valence-corrected chi connectivity index (χ1v) is 10.6. The summed E-state index contributed by atoms with van der Waals surface area (Å²) in [6, 6.07) is 7.16. The first-order chi connectivity index (χ1) is 13.6. The molecule has 8 unspecified atom stereocenters. The molecule has 28 heavy (non-hydrogen) atoms. The summed E-state index contributed by atoms with van der Waals surface area (Å²) in [6.07, 6.45) is 4.52. The zero-order valence-corrected chi connectivity index (χ0v) is 16.0. The van der Waals surface area contributed by atoms with Crippen LogP contribution < -0.4 is 27.2 Å². The molecule has 5 rings (SSSR count). The van der Waals surface area contributed by atoms with Gasteiger partial charge in [-0.2, -0.15) is 0 Å².